The summed E-state index contributed by atoms with van der Waals surface area (Å²) in [7, 11) is 0. The number of aromatic amines is 2. The fraction of sp³-hybridized carbons (Fsp3) is 0.227. The van der Waals surface area contributed by atoms with E-state index in [9.17, 15) is 9.59 Å². The van der Waals surface area contributed by atoms with Gasteiger partial charge in [0.25, 0.3) is 5.91 Å². The number of amides is 1. The second-order valence-corrected chi connectivity index (χ2v) is 7.39. The molecule has 0 aliphatic carbocycles. The van der Waals surface area contributed by atoms with Crippen molar-refractivity contribution in [3.63, 3.8) is 0 Å². The lowest BCUT2D eigenvalue weighted by Gasteiger charge is -2.23. The van der Waals surface area contributed by atoms with Crippen molar-refractivity contribution in [2.24, 2.45) is 0 Å². The first kappa shape index (κ1) is 16.7. The highest BCUT2D eigenvalue weighted by molar-refractivity contribution is 6.06. The number of carbonyl (C=O) groups is 1. The Hall–Kier alpha value is -3.41. The molecule has 4 aromatic rings. The number of benzene rings is 2. The third kappa shape index (κ3) is 2.69. The summed E-state index contributed by atoms with van der Waals surface area (Å²) in [5, 5.41) is 0.762. The van der Waals surface area contributed by atoms with Gasteiger partial charge in [-0.15, -0.1) is 0 Å². The maximum Gasteiger partial charge on any atom is 0.255 e. The first-order chi connectivity index (χ1) is 13.6. The highest BCUT2D eigenvalue weighted by atomic mass is 16.2. The topological polar surface area (TPSA) is 81.8 Å². The molecule has 1 aliphatic rings. The van der Waals surface area contributed by atoms with Gasteiger partial charge in [0.05, 0.1) is 22.6 Å². The molecule has 1 atom stereocenters. The molecule has 3 heterocycles. The van der Waals surface area contributed by atoms with E-state index in [0.29, 0.717) is 17.6 Å². The molecule has 1 saturated heterocycles. The van der Waals surface area contributed by atoms with Crippen LogP contribution in [0.4, 0.5) is 0 Å². The molecule has 1 unspecified atom stereocenters. The molecule has 140 valence electrons. The van der Waals surface area contributed by atoms with Crippen LogP contribution >= 0.6 is 0 Å². The minimum absolute atomic E-state index is 0.113. The lowest BCUT2D eigenvalue weighted by atomic mass is 10.1. The van der Waals surface area contributed by atoms with Gasteiger partial charge >= 0.3 is 0 Å². The molecule has 1 aliphatic heterocycles. The van der Waals surface area contributed by atoms with Gasteiger partial charge in [0.2, 0.25) is 5.56 Å². The second-order valence-electron chi connectivity index (χ2n) is 7.39. The number of H-pyrrole nitrogens is 2. The average Bonchev–Trinajstić information content (AvgIpc) is 3.33. The number of aryl methyl sites for hydroxylation is 1. The zero-order valence-electron chi connectivity index (χ0n) is 15.5. The molecule has 6 heteroatoms. The number of fused-ring (bicyclic) bond motifs is 2. The Morgan fingerprint density at radius 1 is 1.11 bits per heavy atom. The van der Waals surface area contributed by atoms with Crippen LogP contribution in [0, 0.1) is 6.92 Å². The van der Waals surface area contributed by atoms with E-state index < -0.39 is 0 Å². The standard InChI is InChI=1S/C22H20N4O2/c1-13-8-9-17-18(11-13)25-21(24-17)19-7-4-10-26(19)22(28)15-12-20(27)23-16-6-3-2-5-14(15)16/h2-3,5-6,8-9,11-12,19H,4,7,10H2,1H3,(H,23,27)(H,24,25). The van der Waals surface area contributed by atoms with Crippen LogP contribution in [-0.2, 0) is 0 Å². The monoisotopic (exact) mass is 372 g/mol. The zero-order chi connectivity index (χ0) is 19.3. The molecule has 0 saturated carbocycles. The van der Waals surface area contributed by atoms with Crippen LogP contribution in [0.25, 0.3) is 21.9 Å². The number of nitrogens with zero attached hydrogens (tertiary/aromatic N) is 2. The molecule has 2 aromatic heterocycles. The van der Waals surface area contributed by atoms with Crippen molar-refractivity contribution in [1.29, 1.82) is 0 Å². The smallest absolute Gasteiger partial charge is 0.255 e. The second kappa shape index (κ2) is 6.34. The maximum absolute atomic E-state index is 13.4. The third-order valence-corrected chi connectivity index (χ3v) is 5.47. The van der Waals surface area contributed by atoms with E-state index in [4.69, 9.17) is 4.98 Å². The van der Waals surface area contributed by atoms with Crippen LogP contribution in [-0.4, -0.2) is 32.3 Å². The van der Waals surface area contributed by atoms with Gasteiger partial charge in [-0.25, -0.2) is 4.98 Å². The molecule has 2 N–H and O–H groups in total. The van der Waals surface area contributed by atoms with Gasteiger partial charge in [-0.2, -0.15) is 0 Å². The van der Waals surface area contributed by atoms with Crippen LogP contribution in [0.15, 0.2) is 53.3 Å². The Balaban J connectivity index is 1.56. The number of hydrogen-bond donors (Lipinski definition) is 2. The molecule has 0 bridgehead atoms. The van der Waals surface area contributed by atoms with Crippen LogP contribution in [0.1, 0.15) is 40.6 Å². The molecule has 5 rings (SSSR count). The lowest BCUT2D eigenvalue weighted by molar-refractivity contribution is 0.0732. The Morgan fingerprint density at radius 2 is 1.96 bits per heavy atom. The molecule has 2 aromatic carbocycles. The number of aromatic nitrogens is 3. The Labute approximate surface area is 161 Å². The molecule has 0 radical (unpaired) electrons. The third-order valence-electron chi connectivity index (χ3n) is 5.47. The fourth-order valence-electron chi connectivity index (χ4n) is 4.13. The molecule has 0 spiro atoms. The van der Waals surface area contributed by atoms with Crippen LogP contribution in [0.2, 0.25) is 0 Å². The minimum atomic E-state index is -0.267. The molecule has 1 fully saturated rings. The average molecular weight is 372 g/mol. The van der Waals surface area contributed by atoms with Crippen molar-refractivity contribution >= 4 is 27.8 Å². The van der Waals surface area contributed by atoms with Gasteiger partial charge in [-0.3, -0.25) is 9.59 Å². The maximum atomic E-state index is 13.4. The number of rotatable bonds is 2. The van der Waals surface area contributed by atoms with E-state index in [2.05, 4.69) is 16.0 Å². The van der Waals surface area contributed by atoms with Crippen LogP contribution in [0.5, 0.6) is 0 Å². The van der Waals surface area contributed by atoms with E-state index in [-0.39, 0.29) is 17.5 Å². The van der Waals surface area contributed by atoms with Gasteiger partial charge in [-0.1, -0.05) is 24.3 Å². The summed E-state index contributed by atoms with van der Waals surface area (Å²) in [6.45, 7) is 2.70. The van der Waals surface area contributed by atoms with E-state index in [1.54, 1.807) is 0 Å². The predicted molar refractivity (Wildman–Crippen MR) is 108 cm³/mol. The number of likely N-dealkylation sites (tertiary alicyclic amines) is 1. The van der Waals surface area contributed by atoms with E-state index in [0.717, 1.165) is 40.6 Å². The van der Waals surface area contributed by atoms with E-state index in [1.165, 1.54) is 6.07 Å². The molecule has 6 nitrogen and oxygen atoms in total. The largest absolute Gasteiger partial charge is 0.340 e. The minimum Gasteiger partial charge on any atom is -0.340 e. The highest BCUT2D eigenvalue weighted by Gasteiger charge is 2.33. The SMILES string of the molecule is Cc1ccc2nc(C3CCCN3C(=O)c3cc(=O)[nH]c4ccccc34)[nH]c2c1. The number of hydrogen-bond acceptors (Lipinski definition) is 3. The van der Waals surface area contributed by atoms with Crippen LogP contribution in [0.3, 0.4) is 0 Å². The number of nitrogens with one attached hydrogen (secondary N) is 2. The summed E-state index contributed by atoms with van der Waals surface area (Å²) in [6, 6.07) is 14.8. The van der Waals surface area contributed by atoms with Crippen molar-refractivity contribution in [3.05, 3.63) is 75.8 Å². The van der Waals surface area contributed by atoms with Crippen molar-refractivity contribution in [3.8, 4) is 0 Å². The Bertz CT molecular complexity index is 1270. The Morgan fingerprint density at radius 3 is 2.86 bits per heavy atom. The van der Waals surface area contributed by atoms with Crippen molar-refractivity contribution < 1.29 is 4.79 Å². The molecular weight excluding hydrogens is 352 g/mol. The first-order valence-corrected chi connectivity index (χ1v) is 9.49. The van der Waals surface area contributed by atoms with Gasteiger partial charge in [-0.05, 0) is 43.5 Å². The van der Waals surface area contributed by atoms with Gasteiger partial charge in [0, 0.05) is 23.5 Å². The number of para-hydroxylation sites is 1. The van der Waals surface area contributed by atoms with Crippen molar-refractivity contribution in [2.45, 2.75) is 25.8 Å². The van der Waals surface area contributed by atoms with Crippen molar-refractivity contribution in [2.75, 3.05) is 6.54 Å². The molecular formula is C22H20N4O2. The summed E-state index contributed by atoms with van der Waals surface area (Å²) in [5.41, 5.74) is 3.90. The quantitative estimate of drug-likeness (QED) is 0.563. The van der Waals surface area contributed by atoms with Gasteiger partial charge < -0.3 is 14.9 Å². The predicted octanol–water partition coefficient (Wildman–Crippen LogP) is 3.69. The normalized spacial score (nSPS) is 16.9. The number of carbonyl (C=O) groups excluding carboxylic acids is 1. The highest BCUT2D eigenvalue weighted by Crippen LogP contribution is 2.33. The summed E-state index contributed by atoms with van der Waals surface area (Å²) >= 11 is 0. The van der Waals surface area contributed by atoms with Crippen LogP contribution < -0.4 is 5.56 Å². The van der Waals surface area contributed by atoms with E-state index >= 15 is 0 Å². The molecule has 28 heavy (non-hydrogen) atoms. The van der Waals surface area contributed by atoms with Gasteiger partial charge in [0.1, 0.15) is 5.82 Å². The summed E-state index contributed by atoms with van der Waals surface area (Å²) in [6.07, 6.45) is 1.76. The summed E-state index contributed by atoms with van der Waals surface area (Å²) < 4.78 is 0. The summed E-state index contributed by atoms with van der Waals surface area (Å²) in [5.74, 6) is 0.682. The number of pyridine rings is 1. The molecule has 1 amide bonds. The lowest BCUT2D eigenvalue weighted by Crippen LogP contribution is -2.32. The Kier molecular flexibility index (Phi) is 3.79. The number of imidazole rings is 1. The summed E-state index contributed by atoms with van der Waals surface area (Å²) in [4.78, 5) is 38.2. The first-order valence-electron chi connectivity index (χ1n) is 9.49. The van der Waals surface area contributed by atoms with Crippen molar-refractivity contribution in [1.82, 2.24) is 19.9 Å². The van der Waals surface area contributed by atoms with Gasteiger partial charge in [0.15, 0.2) is 0 Å². The zero-order valence-corrected chi connectivity index (χ0v) is 15.5. The van der Waals surface area contributed by atoms with E-state index in [1.807, 2.05) is 48.2 Å². The fourth-order valence-corrected chi connectivity index (χ4v) is 4.13.